The summed E-state index contributed by atoms with van der Waals surface area (Å²) in [5.41, 5.74) is 7.31. The third-order valence-corrected chi connectivity index (χ3v) is 3.43. The van der Waals surface area contributed by atoms with Gasteiger partial charge >= 0.3 is 0 Å². The van der Waals surface area contributed by atoms with Gasteiger partial charge in [-0.1, -0.05) is 6.07 Å². The number of nitrogens with two attached hydrogens (primary N) is 1. The smallest absolute Gasteiger partial charge is 0.244 e. The predicted octanol–water partition coefficient (Wildman–Crippen LogP) is 1.33. The van der Waals surface area contributed by atoms with Crippen LogP contribution >= 0.6 is 0 Å². The highest BCUT2D eigenvalue weighted by molar-refractivity contribution is 5.86. The molecule has 1 unspecified atom stereocenters. The molecule has 1 amide bonds. The topological polar surface area (TPSA) is 76.8 Å². The monoisotopic (exact) mass is 293 g/mol. The minimum absolute atomic E-state index is 0.0551. The third kappa shape index (κ3) is 3.78. The molecule has 116 valence electrons. The first-order chi connectivity index (χ1) is 10.1. The molecule has 0 aliphatic carbocycles. The first-order valence-electron chi connectivity index (χ1n) is 7.27. The fraction of sp³-hybridized carbons (Fsp3) is 0.533. The van der Waals surface area contributed by atoms with Crippen molar-refractivity contribution in [3.8, 4) is 5.75 Å². The summed E-state index contributed by atoms with van der Waals surface area (Å²) >= 11 is 0. The van der Waals surface area contributed by atoms with Gasteiger partial charge in [0.2, 0.25) is 5.91 Å². The summed E-state index contributed by atoms with van der Waals surface area (Å²) < 4.78 is 10.7. The quantitative estimate of drug-likeness (QED) is 0.801. The molecule has 1 saturated heterocycles. The number of carbonyl (C=O) groups is 1. The molecule has 0 bridgehead atoms. The van der Waals surface area contributed by atoms with Gasteiger partial charge in [0.15, 0.2) is 0 Å². The highest BCUT2D eigenvalue weighted by Crippen LogP contribution is 2.29. The number of morpholine rings is 1. The molecular weight excluding hydrogens is 270 g/mol. The van der Waals surface area contributed by atoms with Crippen LogP contribution in [0.2, 0.25) is 0 Å². The SMILES string of the molecule is CCOc1cccc(NC(C)C(=O)N2CCOCC2)c1N. The van der Waals surface area contributed by atoms with E-state index in [4.69, 9.17) is 15.2 Å². The lowest BCUT2D eigenvalue weighted by Crippen LogP contribution is -2.47. The average molecular weight is 293 g/mol. The number of ether oxygens (including phenoxy) is 2. The lowest BCUT2D eigenvalue weighted by molar-refractivity contribution is -0.135. The van der Waals surface area contributed by atoms with Crippen molar-refractivity contribution in [2.24, 2.45) is 0 Å². The number of hydrogen-bond acceptors (Lipinski definition) is 5. The number of anilines is 2. The van der Waals surface area contributed by atoms with E-state index in [0.717, 1.165) is 5.69 Å². The Hall–Kier alpha value is -1.95. The molecule has 0 radical (unpaired) electrons. The van der Waals surface area contributed by atoms with Gasteiger partial charge in [-0.05, 0) is 26.0 Å². The van der Waals surface area contributed by atoms with E-state index in [1.165, 1.54) is 0 Å². The molecule has 1 atom stereocenters. The number of nitrogens with one attached hydrogen (secondary N) is 1. The Morgan fingerprint density at radius 1 is 1.48 bits per heavy atom. The van der Waals surface area contributed by atoms with Crippen molar-refractivity contribution in [2.45, 2.75) is 19.9 Å². The second-order valence-electron chi connectivity index (χ2n) is 4.95. The van der Waals surface area contributed by atoms with E-state index in [0.29, 0.717) is 44.3 Å². The molecule has 2 rings (SSSR count). The van der Waals surface area contributed by atoms with Crippen molar-refractivity contribution in [2.75, 3.05) is 44.0 Å². The van der Waals surface area contributed by atoms with Crippen molar-refractivity contribution < 1.29 is 14.3 Å². The molecule has 3 N–H and O–H groups in total. The summed E-state index contributed by atoms with van der Waals surface area (Å²) in [6.07, 6.45) is 0. The van der Waals surface area contributed by atoms with Crippen molar-refractivity contribution in [3.05, 3.63) is 18.2 Å². The van der Waals surface area contributed by atoms with Gasteiger partial charge in [0.25, 0.3) is 0 Å². The number of nitrogen functional groups attached to an aromatic ring is 1. The van der Waals surface area contributed by atoms with Crippen LogP contribution in [0.4, 0.5) is 11.4 Å². The van der Waals surface area contributed by atoms with Crippen LogP contribution in [0.25, 0.3) is 0 Å². The zero-order chi connectivity index (χ0) is 15.2. The van der Waals surface area contributed by atoms with Crippen LogP contribution in [0.1, 0.15) is 13.8 Å². The van der Waals surface area contributed by atoms with Crippen LogP contribution in [-0.4, -0.2) is 49.8 Å². The zero-order valence-electron chi connectivity index (χ0n) is 12.6. The molecule has 1 fully saturated rings. The minimum Gasteiger partial charge on any atom is -0.492 e. The Labute approximate surface area is 125 Å². The number of rotatable bonds is 5. The Morgan fingerprint density at radius 3 is 2.86 bits per heavy atom. The third-order valence-electron chi connectivity index (χ3n) is 3.43. The van der Waals surface area contributed by atoms with Crippen LogP contribution in [-0.2, 0) is 9.53 Å². The van der Waals surface area contributed by atoms with Crippen LogP contribution in [0, 0.1) is 0 Å². The standard InChI is InChI=1S/C15H23N3O3/c1-3-21-13-6-4-5-12(14(13)16)17-11(2)15(19)18-7-9-20-10-8-18/h4-6,11,17H,3,7-10,16H2,1-2H3. The number of nitrogens with zero attached hydrogens (tertiary/aromatic N) is 1. The van der Waals surface area contributed by atoms with Gasteiger partial charge in [-0.15, -0.1) is 0 Å². The van der Waals surface area contributed by atoms with Crippen LogP contribution in [0.15, 0.2) is 18.2 Å². The summed E-state index contributed by atoms with van der Waals surface area (Å²) in [6, 6.07) is 5.18. The van der Waals surface area contributed by atoms with E-state index in [1.807, 2.05) is 36.9 Å². The molecule has 1 aliphatic heterocycles. The van der Waals surface area contributed by atoms with E-state index < -0.39 is 0 Å². The van der Waals surface area contributed by atoms with Gasteiger partial charge in [-0.2, -0.15) is 0 Å². The summed E-state index contributed by atoms with van der Waals surface area (Å²) in [5, 5.41) is 3.17. The second kappa shape index (κ2) is 7.17. The molecule has 21 heavy (non-hydrogen) atoms. The molecule has 1 heterocycles. The van der Waals surface area contributed by atoms with Crippen molar-refractivity contribution in [1.82, 2.24) is 4.90 Å². The number of benzene rings is 1. The lowest BCUT2D eigenvalue weighted by atomic mass is 10.2. The first-order valence-corrected chi connectivity index (χ1v) is 7.27. The Morgan fingerprint density at radius 2 is 2.19 bits per heavy atom. The van der Waals surface area contributed by atoms with Gasteiger partial charge < -0.3 is 25.4 Å². The molecule has 1 aromatic carbocycles. The lowest BCUT2D eigenvalue weighted by Gasteiger charge is -2.30. The summed E-state index contributed by atoms with van der Waals surface area (Å²) in [4.78, 5) is 14.2. The second-order valence-corrected chi connectivity index (χ2v) is 4.95. The van der Waals surface area contributed by atoms with Crippen LogP contribution in [0.5, 0.6) is 5.75 Å². The molecule has 1 aromatic rings. The molecule has 1 aliphatic rings. The van der Waals surface area contributed by atoms with E-state index in [9.17, 15) is 4.79 Å². The zero-order valence-corrected chi connectivity index (χ0v) is 12.6. The maximum Gasteiger partial charge on any atom is 0.244 e. The minimum atomic E-state index is -0.345. The maximum absolute atomic E-state index is 12.4. The first kappa shape index (κ1) is 15.4. The molecule has 6 heteroatoms. The fourth-order valence-corrected chi connectivity index (χ4v) is 2.30. The van der Waals surface area contributed by atoms with Gasteiger partial charge in [0.05, 0.1) is 31.2 Å². The molecule has 0 saturated carbocycles. The molecule has 0 aromatic heterocycles. The Bertz CT molecular complexity index is 487. The number of para-hydroxylation sites is 1. The average Bonchev–Trinajstić information content (AvgIpc) is 2.51. The normalized spacial score (nSPS) is 16.4. The largest absolute Gasteiger partial charge is 0.492 e. The Balaban J connectivity index is 2.03. The van der Waals surface area contributed by atoms with Gasteiger partial charge in [0, 0.05) is 13.1 Å². The van der Waals surface area contributed by atoms with Crippen molar-refractivity contribution in [3.63, 3.8) is 0 Å². The van der Waals surface area contributed by atoms with Gasteiger partial charge in [-0.3, -0.25) is 4.79 Å². The highest BCUT2D eigenvalue weighted by Gasteiger charge is 2.23. The molecule has 6 nitrogen and oxygen atoms in total. The Kier molecular flexibility index (Phi) is 5.27. The van der Waals surface area contributed by atoms with Crippen molar-refractivity contribution in [1.29, 1.82) is 0 Å². The van der Waals surface area contributed by atoms with E-state index in [-0.39, 0.29) is 11.9 Å². The van der Waals surface area contributed by atoms with Gasteiger partial charge in [0.1, 0.15) is 11.8 Å². The van der Waals surface area contributed by atoms with E-state index in [1.54, 1.807) is 0 Å². The summed E-state index contributed by atoms with van der Waals surface area (Å²) in [7, 11) is 0. The molecule has 0 spiro atoms. The predicted molar refractivity (Wildman–Crippen MR) is 82.5 cm³/mol. The fourth-order valence-electron chi connectivity index (χ4n) is 2.30. The highest BCUT2D eigenvalue weighted by atomic mass is 16.5. The van der Waals surface area contributed by atoms with Crippen LogP contribution < -0.4 is 15.8 Å². The molecular formula is C15H23N3O3. The van der Waals surface area contributed by atoms with Crippen molar-refractivity contribution >= 4 is 17.3 Å². The number of amides is 1. The van der Waals surface area contributed by atoms with Crippen LogP contribution in [0.3, 0.4) is 0 Å². The van der Waals surface area contributed by atoms with E-state index >= 15 is 0 Å². The summed E-state index contributed by atoms with van der Waals surface area (Å²) in [5.74, 6) is 0.688. The van der Waals surface area contributed by atoms with E-state index in [2.05, 4.69) is 5.32 Å². The number of hydrogen-bond donors (Lipinski definition) is 2. The number of carbonyl (C=O) groups excluding carboxylic acids is 1. The maximum atomic E-state index is 12.4. The summed E-state index contributed by atoms with van der Waals surface area (Å²) in [6.45, 7) is 6.77. The van der Waals surface area contributed by atoms with Gasteiger partial charge in [-0.25, -0.2) is 0 Å².